The van der Waals surface area contributed by atoms with Crippen LogP contribution in [0.3, 0.4) is 0 Å². The van der Waals surface area contributed by atoms with E-state index >= 15 is 0 Å². The van der Waals surface area contributed by atoms with Crippen molar-refractivity contribution in [3.05, 3.63) is 0 Å². The number of unbranched alkanes of at least 4 members (excludes halogenated alkanes) is 2. The number of hydrogen-bond donors (Lipinski definition) is 1. The number of hydrogen-bond acceptors (Lipinski definition) is 3. The molecular formula is C13H28N2O. The van der Waals surface area contributed by atoms with Crippen LogP contribution in [0, 0.1) is 5.41 Å². The van der Waals surface area contributed by atoms with Crippen LogP contribution in [0.25, 0.3) is 0 Å². The van der Waals surface area contributed by atoms with Crippen LogP contribution in [-0.2, 0) is 0 Å². The molecule has 0 spiro atoms. The normalized spacial score (nSPS) is 26.8. The van der Waals surface area contributed by atoms with Gasteiger partial charge in [0, 0.05) is 19.7 Å². The van der Waals surface area contributed by atoms with Crippen LogP contribution in [0.2, 0.25) is 0 Å². The van der Waals surface area contributed by atoms with Crippen molar-refractivity contribution >= 4 is 0 Å². The van der Waals surface area contributed by atoms with Crippen molar-refractivity contribution in [1.82, 2.24) is 9.80 Å². The average molecular weight is 228 g/mol. The Bertz CT molecular complexity index is 198. The summed E-state index contributed by atoms with van der Waals surface area (Å²) in [5.41, 5.74) is 0.487. The molecule has 0 aromatic carbocycles. The monoisotopic (exact) mass is 228 g/mol. The highest BCUT2D eigenvalue weighted by Crippen LogP contribution is 2.29. The lowest BCUT2D eigenvalue weighted by molar-refractivity contribution is 0.191. The van der Waals surface area contributed by atoms with Gasteiger partial charge in [-0.2, -0.15) is 0 Å². The first kappa shape index (κ1) is 13.9. The van der Waals surface area contributed by atoms with Crippen LogP contribution >= 0.6 is 0 Å². The lowest BCUT2D eigenvalue weighted by atomic mass is 9.89. The molecule has 0 bridgehead atoms. The summed E-state index contributed by atoms with van der Waals surface area (Å²) in [6, 6.07) is 0. The fourth-order valence-corrected chi connectivity index (χ4v) is 2.80. The van der Waals surface area contributed by atoms with Gasteiger partial charge in [-0.15, -0.1) is 0 Å². The molecule has 0 amide bonds. The van der Waals surface area contributed by atoms with Gasteiger partial charge < -0.3 is 14.9 Å². The molecule has 1 heterocycles. The minimum atomic E-state index is 0.340. The molecule has 1 atom stereocenters. The van der Waals surface area contributed by atoms with Gasteiger partial charge >= 0.3 is 0 Å². The van der Waals surface area contributed by atoms with Gasteiger partial charge in [0.05, 0.1) is 0 Å². The molecule has 0 radical (unpaired) electrons. The molecule has 1 saturated heterocycles. The van der Waals surface area contributed by atoms with Crippen LogP contribution in [0.5, 0.6) is 0 Å². The van der Waals surface area contributed by atoms with Gasteiger partial charge in [0.2, 0.25) is 0 Å². The summed E-state index contributed by atoms with van der Waals surface area (Å²) in [7, 11) is 4.44. The van der Waals surface area contributed by atoms with E-state index in [-0.39, 0.29) is 0 Å². The summed E-state index contributed by atoms with van der Waals surface area (Å²) in [5.74, 6) is 0. The molecular weight excluding hydrogens is 200 g/mol. The van der Waals surface area contributed by atoms with Gasteiger partial charge in [0.15, 0.2) is 0 Å². The van der Waals surface area contributed by atoms with Gasteiger partial charge in [-0.1, -0.05) is 6.92 Å². The second kappa shape index (κ2) is 6.58. The van der Waals surface area contributed by atoms with E-state index in [0.717, 1.165) is 12.8 Å². The lowest BCUT2D eigenvalue weighted by Crippen LogP contribution is -2.35. The molecule has 3 heteroatoms. The zero-order chi connectivity index (χ0) is 12.0. The van der Waals surface area contributed by atoms with Gasteiger partial charge in [0.25, 0.3) is 0 Å². The molecule has 16 heavy (non-hydrogen) atoms. The van der Waals surface area contributed by atoms with Crippen molar-refractivity contribution in [3.63, 3.8) is 0 Å². The molecule has 0 aromatic heterocycles. The maximum absolute atomic E-state index is 8.71. The first-order chi connectivity index (χ1) is 7.56. The lowest BCUT2D eigenvalue weighted by Gasteiger charge is -2.29. The summed E-state index contributed by atoms with van der Waals surface area (Å²) in [6.07, 6.45) is 4.64. The van der Waals surface area contributed by atoms with Gasteiger partial charge in [-0.3, -0.25) is 0 Å². The SMILES string of the molecule is CN(CCCCCO)C[C@@]1(C)CCN(C)C1. The van der Waals surface area contributed by atoms with Gasteiger partial charge in [-0.05, 0) is 58.3 Å². The first-order valence-corrected chi connectivity index (χ1v) is 6.54. The Morgan fingerprint density at radius 2 is 2.06 bits per heavy atom. The van der Waals surface area contributed by atoms with Crippen molar-refractivity contribution in [3.8, 4) is 0 Å². The number of likely N-dealkylation sites (tertiary alicyclic amines) is 1. The Morgan fingerprint density at radius 3 is 2.62 bits per heavy atom. The van der Waals surface area contributed by atoms with Gasteiger partial charge in [-0.25, -0.2) is 0 Å². The van der Waals surface area contributed by atoms with Crippen LogP contribution < -0.4 is 0 Å². The fraction of sp³-hybridized carbons (Fsp3) is 1.00. The molecule has 1 aliphatic heterocycles. The maximum atomic E-state index is 8.71. The average Bonchev–Trinajstić information content (AvgIpc) is 2.53. The Balaban J connectivity index is 2.15. The van der Waals surface area contributed by atoms with E-state index in [1.807, 2.05) is 0 Å². The maximum Gasteiger partial charge on any atom is 0.0431 e. The van der Waals surface area contributed by atoms with E-state index in [0.29, 0.717) is 12.0 Å². The summed E-state index contributed by atoms with van der Waals surface area (Å²) in [4.78, 5) is 4.89. The Morgan fingerprint density at radius 1 is 1.31 bits per heavy atom. The summed E-state index contributed by atoms with van der Waals surface area (Å²) >= 11 is 0. The third-order valence-electron chi connectivity index (χ3n) is 3.60. The fourth-order valence-electron chi connectivity index (χ4n) is 2.80. The predicted octanol–water partition coefficient (Wildman–Crippen LogP) is 1.42. The molecule has 0 aliphatic carbocycles. The molecule has 1 fully saturated rings. The Labute approximate surface area is 100 Å². The molecule has 1 N–H and O–H groups in total. The van der Waals surface area contributed by atoms with Crippen molar-refractivity contribution < 1.29 is 5.11 Å². The zero-order valence-corrected chi connectivity index (χ0v) is 11.2. The second-order valence-corrected chi connectivity index (χ2v) is 5.82. The quantitative estimate of drug-likeness (QED) is 0.668. The molecule has 0 saturated carbocycles. The van der Waals surface area contributed by atoms with E-state index in [9.17, 15) is 0 Å². The van der Waals surface area contributed by atoms with E-state index in [2.05, 4.69) is 30.8 Å². The van der Waals surface area contributed by atoms with E-state index < -0.39 is 0 Å². The van der Waals surface area contributed by atoms with Crippen LogP contribution in [-0.4, -0.2) is 61.8 Å². The smallest absolute Gasteiger partial charge is 0.0431 e. The number of nitrogens with zero attached hydrogens (tertiary/aromatic N) is 2. The minimum Gasteiger partial charge on any atom is -0.396 e. The highest BCUT2D eigenvalue weighted by molar-refractivity contribution is 4.86. The van der Waals surface area contributed by atoms with E-state index in [1.54, 1.807) is 0 Å². The topological polar surface area (TPSA) is 26.7 Å². The highest BCUT2D eigenvalue weighted by Gasteiger charge is 2.32. The third kappa shape index (κ3) is 4.81. The number of aliphatic hydroxyl groups excluding tert-OH is 1. The van der Waals surface area contributed by atoms with Crippen LogP contribution in [0.15, 0.2) is 0 Å². The van der Waals surface area contributed by atoms with Crippen molar-refractivity contribution in [2.45, 2.75) is 32.6 Å². The zero-order valence-electron chi connectivity index (χ0n) is 11.2. The summed E-state index contributed by atoms with van der Waals surface area (Å²) < 4.78 is 0. The number of aliphatic hydroxyl groups is 1. The molecule has 1 rings (SSSR count). The predicted molar refractivity (Wildman–Crippen MR) is 68.7 cm³/mol. The largest absolute Gasteiger partial charge is 0.396 e. The van der Waals surface area contributed by atoms with Crippen molar-refractivity contribution in [1.29, 1.82) is 0 Å². The first-order valence-electron chi connectivity index (χ1n) is 6.54. The van der Waals surface area contributed by atoms with Crippen molar-refractivity contribution in [2.24, 2.45) is 5.41 Å². The summed E-state index contributed by atoms with van der Waals surface area (Å²) in [5, 5.41) is 8.71. The standard InChI is InChI=1S/C13H28N2O/c1-13(7-9-15(3)12-13)11-14(2)8-5-4-6-10-16/h16H,4-12H2,1-3H3/t13-/m1/s1. The number of rotatable bonds is 7. The Hall–Kier alpha value is -0.120. The highest BCUT2D eigenvalue weighted by atomic mass is 16.2. The summed E-state index contributed by atoms with van der Waals surface area (Å²) in [6.45, 7) is 7.59. The van der Waals surface area contributed by atoms with Crippen molar-refractivity contribution in [2.75, 3.05) is 46.9 Å². The minimum absolute atomic E-state index is 0.340. The molecule has 1 aliphatic rings. The van der Waals surface area contributed by atoms with E-state index in [1.165, 1.54) is 39.0 Å². The van der Waals surface area contributed by atoms with Gasteiger partial charge in [0.1, 0.15) is 0 Å². The molecule has 0 unspecified atom stereocenters. The Kier molecular flexibility index (Phi) is 5.73. The second-order valence-electron chi connectivity index (χ2n) is 5.82. The van der Waals surface area contributed by atoms with Crippen LogP contribution in [0.1, 0.15) is 32.6 Å². The molecule has 0 aromatic rings. The van der Waals surface area contributed by atoms with E-state index in [4.69, 9.17) is 5.11 Å². The van der Waals surface area contributed by atoms with Crippen LogP contribution in [0.4, 0.5) is 0 Å². The molecule has 96 valence electrons. The molecule has 3 nitrogen and oxygen atoms in total. The third-order valence-corrected chi connectivity index (χ3v) is 3.60.